The van der Waals surface area contributed by atoms with Crippen LogP contribution < -0.4 is 10.6 Å². The number of halogens is 1. The number of hydrogen-bond acceptors (Lipinski definition) is 2. The third-order valence-corrected chi connectivity index (χ3v) is 5.40. The van der Waals surface area contributed by atoms with Gasteiger partial charge in [0.15, 0.2) is 0 Å². The molecule has 0 atom stereocenters. The maximum absolute atomic E-state index is 12.6. The lowest BCUT2D eigenvalue weighted by atomic mass is 9.75. The molecule has 0 unspecified atom stereocenters. The highest BCUT2D eigenvalue weighted by Crippen LogP contribution is 2.30. The molecule has 3 aromatic carbocycles. The van der Waals surface area contributed by atoms with Crippen molar-refractivity contribution < 1.29 is 9.59 Å². The summed E-state index contributed by atoms with van der Waals surface area (Å²) >= 11 is 6.40. The van der Waals surface area contributed by atoms with Gasteiger partial charge in [0.05, 0.1) is 10.7 Å². The Morgan fingerprint density at radius 3 is 1.87 bits per heavy atom. The van der Waals surface area contributed by atoms with E-state index in [1.165, 1.54) is 5.56 Å². The van der Waals surface area contributed by atoms with E-state index in [4.69, 9.17) is 11.6 Å². The monoisotopic (exact) mass is 431 g/mol. The quantitative estimate of drug-likeness (QED) is 0.453. The van der Waals surface area contributed by atoms with Gasteiger partial charge in [-0.05, 0) is 60.9 Å². The zero-order valence-corrected chi connectivity index (χ0v) is 18.7. The Morgan fingerprint density at radius 1 is 0.839 bits per heavy atom. The van der Waals surface area contributed by atoms with Gasteiger partial charge < -0.3 is 10.6 Å². The number of rotatable bonds is 7. The number of nitrogens with one attached hydrogen (secondary N) is 2. The van der Waals surface area contributed by atoms with Gasteiger partial charge >= 0.3 is 0 Å². The Balaban J connectivity index is 1.71. The summed E-state index contributed by atoms with van der Waals surface area (Å²) in [4.78, 5) is 25.2. The number of anilines is 2. The molecule has 3 rings (SSSR count). The number of benzene rings is 3. The normalized spacial score (nSPS) is 10.5. The SMILES string of the molecule is C[B]Cc1ccc(C(=O)Nc2cc(C)c(NC(=O)c3ccc(CC)cc3)cc2Cl)cc1. The van der Waals surface area contributed by atoms with Gasteiger partial charge in [-0.1, -0.05) is 61.5 Å². The molecule has 0 aliphatic carbocycles. The summed E-state index contributed by atoms with van der Waals surface area (Å²) in [6.07, 6.45) is 1.79. The van der Waals surface area contributed by atoms with Crippen LogP contribution in [0.1, 0.15) is 44.3 Å². The van der Waals surface area contributed by atoms with Crippen LogP contribution >= 0.6 is 11.6 Å². The molecule has 157 valence electrons. The van der Waals surface area contributed by atoms with Crippen molar-refractivity contribution in [3.05, 3.63) is 93.5 Å². The summed E-state index contributed by atoms with van der Waals surface area (Å²) in [5.41, 5.74) is 5.36. The fourth-order valence-electron chi connectivity index (χ4n) is 3.22. The van der Waals surface area contributed by atoms with Gasteiger partial charge in [-0.3, -0.25) is 9.59 Å². The molecule has 0 aliphatic heterocycles. The summed E-state index contributed by atoms with van der Waals surface area (Å²) < 4.78 is 0. The predicted octanol–water partition coefficient (Wildman–Crippen LogP) is 5.97. The molecule has 0 fully saturated rings. The van der Waals surface area contributed by atoms with Gasteiger partial charge in [0.2, 0.25) is 0 Å². The second kappa shape index (κ2) is 10.3. The molecule has 0 heterocycles. The van der Waals surface area contributed by atoms with E-state index in [-0.39, 0.29) is 11.8 Å². The zero-order chi connectivity index (χ0) is 22.4. The lowest BCUT2D eigenvalue weighted by Gasteiger charge is -2.14. The van der Waals surface area contributed by atoms with Crippen molar-refractivity contribution in [2.75, 3.05) is 10.6 Å². The highest BCUT2D eigenvalue weighted by molar-refractivity contribution is 6.34. The van der Waals surface area contributed by atoms with Gasteiger partial charge in [-0.25, -0.2) is 0 Å². The molecule has 0 spiro atoms. The first-order valence-electron chi connectivity index (χ1n) is 10.3. The van der Waals surface area contributed by atoms with Crippen molar-refractivity contribution in [3.8, 4) is 0 Å². The van der Waals surface area contributed by atoms with Crippen LogP contribution in [0.2, 0.25) is 11.8 Å². The average Bonchev–Trinajstić information content (AvgIpc) is 2.77. The van der Waals surface area contributed by atoms with Crippen molar-refractivity contribution >= 4 is 42.1 Å². The third-order valence-electron chi connectivity index (χ3n) is 5.09. The summed E-state index contributed by atoms with van der Waals surface area (Å²) in [7, 11) is 2.07. The highest BCUT2D eigenvalue weighted by Gasteiger charge is 2.13. The van der Waals surface area contributed by atoms with Gasteiger partial charge in [0, 0.05) is 16.8 Å². The van der Waals surface area contributed by atoms with Crippen molar-refractivity contribution in [3.63, 3.8) is 0 Å². The molecule has 0 bridgehead atoms. The molecule has 1 radical (unpaired) electrons. The standard InChI is InChI=1S/C25H25BClN2O2/c1-4-17-5-9-19(10-6-17)24(30)28-22-14-21(27)23(13-16(22)2)29-25(31)20-11-7-18(8-12-20)15-26-3/h5-14H,4,15H2,1-3H3,(H,28,30)(H,29,31). The van der Waals surface area contributed by atoms with Gasteiger partial charge in [0.1, 0.15) is 7.28 Å². The lowest BCUT2D eigenvalue weighted by molar-refractivity contribution is 0.101. The van der Waals surface area contributed by atoms with Crippen LogP contribution in [0.4, 0.5) is 11.4 Å². The minimum Gasteiger partial charge on any atom is -0.322 e. The molecule has 0 aromatic heterocycles. The third kappa shape index (κ3) is 5.77. The van der Waals surface area contributed by atoms with E-state index in [1.54, 1.807) is 24.3 Å². The fourth-order valence-corrected chi connectivity index (χ4v) is 3.43. The maximum atomic E-state index is 12.6. The second-order valence-electron chi connectivity index (χ2n) is 7.41. The number of amides is 2. The molecule has 4 nitrogen and oxygen atoms in total. The molecule has 3 aromatic rings. The molecule has 0 saturated heterocycles. The van der Waals surface area contributed by atoms with Crippen molar-refractivity contribution in [2.45, 2.75) is 33.4 Å². The summed E-state index contributed by atoms with van der Waals surface area (Å²) in [5, 5.41) is 6.10. The first-order chi connectivity index (χ1) is 14.9. The zero-order valence-electron chi connectivity index (χ0n) is 18.0. The molecule has 2 amide bonds. The average molecular weight is 432 g/mol. The molecular weight excluding hydrogens is 407 g/mol. The van der Waals surface area contributed by atoms with Crippen LogP contribution in [-0.4, -0.2) is 19.1 Å². The minimum atomic E-state index is -0.235. The largest absolute Gasteiger partial charge is 0.322 e. The Bertz CT molecular complexity index is 1080. The second-order valence-corrected chi connectivity index (χ2v) is 7.82. The predicted molar refractivity (Wildman–Crippen MR) is 130 cm³/mol. The van der Waals surface area contributed by atoms with E-state index in [0.29, 0.717) is 27.5 Å². The topological polar surface area (TPSA) is 58.2 Å². The fraction of sp³-hybridized carbons (Fsp3) is 0.200. The van der Waals surface area contributed by atoms with Crippen LogP contribution in [0, 0.1) is 6.92 Å². The smallest absolute Gasteiger partial charge is 0.255 e. The Morgan fingerprint density at radius 2 is 1.35 bits per heavy atom. The maximum Gasteiger partial charge on any atom is 0.255 e. The molecule has 0 saturated carbocycles. The number of carbonyl (C=O) groups is 2. The molecular formula is C25H25BClN2O2. The molecule has 6 heteroatoms. The summed E-state index contributed by atoms with van der Waals surface area (Å²) in [5.74, 6) is -0.441. The molecule has 0 aliphatic rings. The number of carbonyl (C=O) groups excluding carboxylic acids is 2. The van der Waals surface area contributed by atoms with Crippen molar-refractivity contribution in [1.29, 1.82) is 0 Å². The Kier molecular flexibility index (Phi) is 7.53. The van der Waals surface area contributed by atoms with E-state index in [0.717, 1.165) is 23.9 Å². The van der Waals surface area contributed by atoms with Crippen LogP contribution in [0.5, 0.6) is 0 Å². The van der Waals surface area contributed by atoms with Crippen LogP contribution in [-0.2, 0) is 12.7 Å². The van der Waals surface area contributed by atoms with Gasteiger partial charge in [-0.2, -0.15) is 0 Å². The summed E-state index contributed by atoms with van der Waals surface area (Å²) in [6, 6.07) is 18.4. The van der Waals surface area contributed by atoms with E-state index in [1.807, 2.05) is 50.1 Å². The number of aryl methyl sites for hydroxylation is 2. The van der Waals surface area contributed by atoms with Crippen LogP contribution in [0.3, 0.4) is 0 Å². The highest BCUT2D eigenvalue weighted by atomic mass is 35.5. The van der Waals surface area contributed by atoms with Crippen molar-refractivity contribution in [2.24, 2.45) is 0 Å². The van der Waals surface area contributed by atoms with E-state index in [2.05, 4.69) is 24.8 Å². The van der Waals surface area contributed by atoms with E-state index < -0.39 is 0 Å². The first-order valence-corrected chi connectivity index (χ1v) is 10.7. The van der Waals surface area contributed by atoms with E-state index in [9.17, 15) is 9.59 Å². The van der Waals surface area contributed by atoms with Crippen LogP contribution in [0.25, 0.3) is 0 Å². The summed E-state index contributed by atoms with van der Waals surface area (Å²) in [6.45, 7) is 5.93. The minimum absolute atomic E-state index is 0.206. The number of hydrogen-bond donors (Lipinski definition) is 2. The van der Waals surface area contributed by atoms with Crippen LogP contribution in [0.15, 0.2) is 60.7 Å². The lowest BCUT2D eigenvalue weighted by Crippen LogP contribution is -2.15. The first kappa shape index (κ1) is 22.6. The van der Waals surface area contributed by atoms with E-state index >= 15 is 0 Å². The van der Waals surface area contributed by atoms with Crippen molar-refractivity contribution in [1.82, 2.24) is 0 Å². The van der Waals surface area contributed by atoms with Gasteiger partial charge in [0.25, 0.3) is 11.8 Å². The molecule has 31 heavy (non-hydrogen) atoms. The van der Waals surface area contributed by atoms with Gasteiger partial charge in [-0.15, -0.1) is 0 Å². The Hall–Kier alpha value is -3.05. The Labute approximate surface area is 189 Å². The molecule has 2 N–H and O–H groups in total.